The number of nitrogens with two attached hydrogens (primary N) is 1. The van der Waals surface area contributed by atoms with E-state index in [-0.39, 0.29) is 24.4 Å². The van der Waals surface area contributed by atoms with Gasteiger partial charge < -0.3 is 21.3 Å². The Morgan fingerprint density at radius 2 is 2.09 bits per heavy atom. The summed E-state index contributed by atoms with van der Waals surface area (Å²) in [6.07, 6.45) is 1.92. The maximum absolute atomic E-state index is 11.5. The van der Waals surface area contributed by atoms with Crippen LogP contribution >= 0.6 is 12.4 Å². The topological polar surface area (TPSA) is 120 Å². The largest absolute Gasteiger partial charge is 0.398 e. The number of para-hydroxylation sites is 1. The first-order valence-corrected chi connectivity index (χ1v) is 10.3. The lowest BCUT2D eigenvalue weighted by Gasteiger charge is -2.34. The zero-order chi connectivity index (χ0) is 22.0. The van der Waals surface area contributed by atoms with Crippen molar-refractivity contribution in [3.63, 3.8) is 0 Å². The number of hydrogen-bond donors (Lipinski definition) is 3. The summed E-state index contributed by atoms with van der Waals surface area (Å²) in [6, 6.07) is 13.4. The third kappa shape index (κ3) is 4.84. The first-order chi connectivity index (χ1) is 14.9. The SMILES string of the molecule is CC(=O)NC1CCCN(c2nc(Nc3ccc(N)c(C#N)c3)nc3c(C)cccc23)C1.Cl. The Morgan fingerprint density at radius 3 is 2.84 bits per heavy atom. The molecule has 2 heterocycles. The van der Waals surface area contributed by atoms with Crippen LogP contribution in [0.2, 0.25) is 0 Å². The summed E-state index contributed by atoms with van der Waals surface area (Å²) in [7, 11) is 0. The number of nitrogen functional groups attached to an aromatic ring is 1. The van der Waals surface area contributed by atoms with Gasteiger partial charge in [-0.15, -0.1) is 12.4 Å². The third-order valence-corrected chi connectivity index (χ3v) is 5.47. The van der Waals surface area contributed by atoms with Crippen molar-refractivity contribution in [1.82, 2.24) is 15.3 Å². The molecule has 1 amide bonds. The van der Waals surface area contributed by atoms with Gasteiger partial charge in [-0.25, -0.2) is 4.98 Å². The lowest BCUT2D eigenvalue weighted by molar-refractivity contribution is -0.119. The van der Waals surface area contributed by atoms with E-state index in [2.05, 4.69) is 21.6 Å². The van der Waals surface area contributed by atoms with E-state index >= 15 is 0 Å². The first kappa shape index (κ1) is 23.1. The average Bonchev–Trinajstić information content (AvgIpc) is 2.75. The summed E-state index contributed by atoms with van der Waals surface area (Å²) >= 11 is 0. The van der Waals surface area contributed by atoms with Crippen molar-refractivity contribution in [1.29, 1.82) is 5.26 Å². The minimum atomic E-state index is -0.0192. The number of piperidine rings is 1. The van der Waals surface area contributed by atoms with Crippen molar-refractivity contribution in [2.75, 3.05) is 29.0 Å². The normalized spacial score (nSPS) is 15.5. The lowest BCUT2D eigenvalue weighted by atomic mass is 10.0. The fourth-order valence-electron chi connectivity index (χ4n) is 4.01. The molecule has 4 N–H and O–H groups in total. The molecular formula is C23H26ClN7O. The monoisotopic (exact) mass is 451 g/mol. The molecular weight excluding hydrogens is 426 g/mol. The lowest BCUT2D eigenvalue weighted by Crippen LogP contribution is -2.47. The van der Waals surface area contributed by atoms with Crippen LogP contribution in [0, 0.1) is 18.3 Å². The molecule has 32 heavy (non-hydrogen) atoms. The van der Waals surface area contributed by atoms with Crippen LogP contribution in [-0.2, 0) is 4.79 Å². The predicted octanol–water partition coefficient (Wildman–Crippen LogP) is 3.66. The molecule has 166 valence electrons. The van der Waals surface area contributed by atoms with Gasteiger partial charge in [-0.2, -0.15) is 10.2 Å². The number of amides is 1. The number of rotatable bonds is 4. The van der Waals surface area contributed by atoms with Crippen molar-refractivity contribution < 1.29 is 4.79 Å². The molecule has 2 aromatic carbocycles. The number of carbonyl (C=O) groups excluding carboxylic acids is 1. The van der Waals surface area contributed by atoms with E-state index in [1.165, 1.54) is 0 Å². The predicted molar refractivity (Wildman–Crippen MR) is 129 cm³/mol. The van der Waals surface area contributed by atoms with Crippen LogP contribution in [-0.4, -0.2) is 35.0 Å². The number of aryl methyl sites for hydroxylation is 1. The minimum absolute atomic E-state index is 0. The maximum Gasteiger partial charge on any atom is 0.229 e. The molecule has 1 aliphatic rings. The molecule has 1 saturated heterocycles. The molecule has 1 aliphatic heterocycles. The van der Waals surface area contributed by atoms with E-state index < -0.39 is 0 Å². The molecule has 0 radical (unpaired) electrons. The fraction of sp³-hybridized carbons (Fsp3) is 0.304. The molecule has 1 aromatic heterocycles. The second-order valence-corrected chi connectivity index (χ2v) is 7.87. The molecule has 9 heteroatoms. The van der Waals surface area contributed by atoms with Gasteiger partial charge in [-0.1, -0.05) is 12.1 Å². The van der Waals surface area contributed by atoms with Crippen LogP contribution < -0.4 is 21.3 Å². The number of benzene rings is 2. The number of aromatic nitrogens is 2. The Balaban J connectivity index is 0.00000289. The molecule has 0 aliphatic carbocycles. The van der Waals surface area contributed by atoms with E-state index in [4.69, 9.17) is 15.7 Å². The highest BCUT2D eigenvalue weighted by molar-refractivity contribution is 5.93. The molecule has 1 fully saturated rings. The van der Waals surface area contributed by atoms with Gasteiger partial charge in [0.25, 0.3) is 0 Å². The molecule has 1 unspecified atom stereocenters. The zero-order valence-corrected chi connectivity index (χ0v) is 18.9. The van der Waals surface area contributed by atoms with Gasteiger partial charge in [0, 0.05) is 42.8 Å². The second kappa shape index (κ2) is 9.71. The first-order valence-electron chi connectivity index (χ1n) is 10.3. The van der Waals surface area contributed by atoms with Crippen LogP contribution in [0.25, 0.3) is 10.9 Å². The summed E-state index contributed by atoms with van der Waals surface area (Å²) in [5, 5.41) is 16.5. The number of anilines is 4. The van der Waals surface area contributed by atoms with Crippen molar-refractivity contribution in [3.8, 4) is 6.07 Å². The summed E-state index contributed by atoms with van der Waals surface area (Å²) < 4.78 is 0. The van der Waals surface area contributed by atoms with Gasteiger partial charge in [0.1, 0.15) is 11.9 Å². The van der Waals surface area contributed by atoms with Gasteiger partial charge in [0.2, 0.25) is 11.9 Å². The smallest absolute Gasteiger partial charge is 0.229 e. The Hall–Kier alpha value is -3.57. The van der Waals surface area contributed by atoms with Crippen LogP contribution in [0.4, 0.5) is 23.1 Å². The van der Waals surface area contributed by atoms with Gasteiger partial charge in [0.15, 0.2) is 0 Å². The molecule has 0 spiro atoms. The molecule has 0 saturated carbocycles. The van der Waals surface area contributed by atoms with Crippen molar-refractivity contribution >= 4 is 52.4 Å². The highest BCUT2D eigenvalue weighted by Crippen LogP contribution is 2.30. The summed E-state index contributed by atoms with van der Waals surface area (Å²) in [5.41, 5.74) is 9.28. The number of halogens is 1. The Kier molecular flexibility index (Phi) is 7.01. The van der Waals surface area contributed by atoms with Gasteiger partial charge in [0.05, 0.1) is 11.1 Å². The fourth-order valence-corrected chi connectivity index (χ4v) is 4.01. The van der Waals surface area contributed by atoms with Gasteiger partial charge in [-0.05, 0) is 49.6 Å². The minimum Gasteiger partial charge on any atom is -0.398 e. The second-order valence-electron chi connectivity index (χ2n) is 7.87. The standard InChI is InChI=1S/C23H25N7O.ClH/c1-14-5-3-7-19-21(14)28-23(27-17-8-9-20(25)16(11-17)12-24)29-22(19)30-10-4-6-18(13-30)26-15(2)31;/h3,5,7-9,11,18H,4,6,10,13,25H2,1-2H3,(H,26,31)(H,27,28,29);1H. The average molecular weight is 452 g/mol. The third-order valence-electron chi connectivity index (χ3n) is 5.47. The summed E-state index contributed by atoms with van der Waals surface area (Å²) in [4.78, 5) is 23.3. The van der Waals surface area contributed by atoms with Crippen molar-refractivity contribution in [2.24, 2.45) is 0 Å². The quantitative estimate of drug-likeness (QED) is 0.517. The summed E-state index contributed by atoms with van der Waals surface area (Å²) in [6.45, 7) is 5.12. The molecule has 4 rings (SSSR count). The van der Waals surface area contributed by atoms with Gasteiger partial charge >= 0.3 is 0 Å². The van der Waals surface area contributed by atoms with Crippen LogP contribution in [0.15, 0.2) is 36.4 Å². The number of fused-ring (bicyclic) bond motifs is 1. The zero-order valence-electron chi connectivity index (χ0n) is 18.1. The summed E-state index contributed by atoms with van der Waals surface area (Å²) in [5.74, 6) is 1.27. The van der Waals surface area contributed by atoms with E-state index in [1.807, 2.05) is 25.1 Å². The molecule has 0 bridgehead atoms. The van der Waals surface area contributed by atoms with E-state index in [1.54, 1.807) is 25.1 Å². The highest BCUT2D eigenvalue weighted by atomic mass is 35.5. The number of hydrogen-bond acceptors (Lipinski definition) is 7. The van der Waals surface area contributed by atoms with Crippen molar-refractivity contribution in [2.45, 2.75) is 32.7 Å². The van der Waals surface area contributed by atoms with E-state index in [0.29, 0.717) is 29.4 Å². The Bertz CT molecular complexity index is 1190. The van der Waals surface area contributed by atoms with E-state index in [9.17, 15) is 10.1 Å². The number of nitrogens with one attached hydrogen (secondary N) is 2. The molecule has 3 aromatic rings. The number of nitriles is 1. The van der Waals surface area contributed by atoms with Crippen molar-refractivity contribution in [3.05, 3.63) is 47.5 Å². The number of nitrogens with zero attached hydrogens (tertiary/aromatic N) is 4. The van der Waals surface area contributed by atoms with Crippen LogP contribution in [0.5, 0.6) is 0 Å². The number of carbonyl (C=O) groups is 1. The maximum atomic E-state index is 11.5. The van der Waals surface area contributed by atoms with Gasteiger partial charge in [-0.3, -0.25) is 4.79 Å². The highest BCUT2D eigenvalue weighted by Gasteiger charge is 2.24. The van der Waals surface area contributed by atoms with Crippen LogP contribution in [0.1, 0.15) is 30.9 Å². The molecule has 8 nitrogen and oxygen atoms in total. The molecule has 1 atom stereocenters. The van der Waals surface area contributed by atoms with E-state index in [0.717, 1.165) is 41.7 Å². The Labute approximate surface area is 193 Å². The Morgan fingerprint density at radius 1 is 1.28 bits per heavy atom. The van der Waals surface area contributed by atoms with Crippen LogP contribution in [0.3, 0.4) is 0 Å².